The van der Waals surface area contributed by atoms with Gasteiger partial charge in [-0.15, -0.1) is 0 Å². The number of aryl methyl sites for hydroxylation is 1. The molecule has 2 N–H and O–H groups in total. The van der Waals surface area contributed by atoms with Crippen molar-refractivity contribution in [2.45, 2.75) is 25.7 Å². The first-order valence-electron chi connectivity index (χ1n) is 9.18. The van der Waals surface area contributed by atoms with Crippen molar-refractivity contribution >= 4 is 33.7 Å². The highest BCUT2D eigenvalue weighted by molar-refractivity contribution is 9.10. The fourth-order valence-corrected chi connectivity index (χ4v) is 2.58. The summed E-state index contributed by atoms with van der Waals surface area (Å²) in [7, 11) is 0. The quantitative estimate of drug-likeness (QED) is 0.321. The predicted octanol–water partition coefficient (Wildman–Crippen LogP) is 2.93. The Kier molecular flexibility index (Phi) is 9.71. The topological polar surface area (TPSA) is 93.7 Å². The Bertz CT molecular complexity index is 796. The van der Waals surface area contributed by atoms with E-state index >= 15 is 0 Å². The van der Waals surface area contributed by atoms with Gasteiger partial charge in [0.1, 0.15) is 5.75 Å². The van der Waals surface area contributed by atoms with E-state index in [1.807, 2.05) is 30.3 Å². The van der Waals surface area contributed by atoms with Crippen molar-refractivity contribution in [1.82, 2.24) is 10.9 Å². The van der Waals surface area contributed by atoms with E-state index in [2.05, 4.69) is 26.8 Å². The molecule has 2 rings (SSSR count). The summed E-state index contributed by atoms with van der Waals surface area (Å²) in [5.41, 5.74) is 5.65. The van der Waals surface area contributed by atoms with E-state index in [1.54, 1.807) is 24.3 Å². The van der Waals surface area contributed by atoms with Crippen LogP contribution in [0.5, 0.6) is 5.75 Å². The van der Waals surface area contributed by atoms with Crippen LogP contribution in [-0.4, -0.2) is 31.0 Å². The van der Waals surface area contributed by atoms with E-state index in [9.17, 15) is 14.4 Å². The third-order valence-electron chi connectivity index (χ3n) is 3.80. The van der Waals surface area contributed by atoms with Crippen LogP contribution in [0.4, 0.5) is 0 Å². The average molecular weight is 463 g/mol. The molecule has 0 saturated carbocycles. The van der Waals surface area contributed by atoms with Gasteiger partial charge >= 0.3 is 5.97 Å². The molecule has 0 spiro atoms. The number of ether oxygens (including phenoxy) is 2. The Balaban J connectivity index is 1.51. The van der Waals surface area contributed by atoms with Crippen LogP contribution < -0.4 is 15.6 Å². The molecule has 0 saturated heterocycles. The predicted molar refractivity (Wildman–Crippen MR) is 111 cm³/mol. The van der Waals surface area contributed by atoms with Crippen LogP contribution >= 0.6 is 15.9 Å². The van der Waals surface area contributed by atoms with Gasteiger partial charge in [-0.2, -0.15) is 0 Å². The van der Waals surface area contributed by atoms with Crippen molar-refractivity contribution in [3.05, 3.63) is 64.6 Å². The summed E-state index contributed by atoms with van der Waals surface area (Å²) in [5, 5.41) is 0. The molecule has 7 nitrogen and oxygen atoms in total. The molecule has 0 aromatic heterocycles. The lowest BCUT2D eigenvalue weighted by molar-refractivity contribution is -0.145. The molecule has 2 amide bonds. The molecule has 0 unspecified atom stereocenters. The van der Waals surface area contributed by atoms with Crippen LogP contribution in [0.2, 0.25) is 0 Å². The van der Waals surface area contributed by atoms with Gasteiger partial charge in [-0.1, -0.05) is 46.3 Å². The molecule has 8 heteroatoms. The standard InChI is InChI=1S/C21H23BrN2O5/c22-17-8-10-18(11-9-17)29-15-20(26)24-23-19(25)12-13-21(27)28-14-4-7-16-5-2-1-3-6-16/h1-3,5-6,8-11H,4,7,12-15H2,(H,23,25)(H,24,26). The fourth-order valence-electron chi connectivity index (χ4n) is 2.31. The lowest BCUT2D eigenvalue weighted by Gasteiger charge is -2.09. The van der Waals surface area contributed by atoms with Gasteiger partial charge in [-0.05, 0) is 42.7 Å². The molecule has 0 atom stereocenters. The summed E-state index contributed by atoms with van der Waals surface area (Å²) in [5.74, 6) is -0.907. The first-order valence-corrected chi connectivity index (χ1v) is 9.98. The number of hydrazine groups is 1. The molecular weight excluding hydrogens is 440 g/mol. The van der Waals surface area contributed by atoms with E-state index in [0.717, 1.165) is 17.3 Å². The highest BCUT2D eigenvalue weighted by atomic mass is 79.9. The van der Waals surface area contributed by atoms with Gasteiger partial charge in [0.2, 0.25) is 5.91 Å². The van der Waals surface area contributed by atoms with Crippen LogP contribution in [0, 0.1) is 0 Å². The molecule has 2 aromatic carbocycles. The number of carbonyl (C=O) groups excluding carboxylic acids is 3. The molecule has 0 radical (unpaired) electrons. The minimum Gasteiger partial charge on any atom is -0.484 e. The van der Waals surface area contributed by atoms with Crippen LogP contribution in [0.15, 0.2) is 59.1 Å². The van der Waals surface area contributed by atoms with Gasteiger partial charge in [-0.3, -0.25) is 25.2 Å². The van der Waals surface area contributed by atoms with Gasteiger partial charge in [0.15, 0.2) is 6.61 Å². The molecule has 0 bridgehead atoms. The van der Waals surface area contributed by atoms with E-state index in [-0.39, 0.29) is 19.4 Å². The molecule has 0 aliphatic heterocycles. The lowest BCUT2D eigenvalue weighted by atomic mass is 10.1. The van der Waals surface area contributed by atoms with Crippen molar-refractivity contribution in [2.75, 3.05) is 13.2 Å². The first kappa shape index (κ1) is 22.4. The highest BCUT2D eigenvalue weighted by Crippen LogP contribution is 2.15. The summed E-state index contributed by atoms with van der Waals surface area (Å²) in [6, 6.07) is 16.9. The second kappa shape index (κ2) is 12.6. The normalized spacial score (nSPS) is 10.1. The third kappa shape index (κ3) is 9.75. The molecule has 2 aromatic rings. The zero-order valence-corrected chi connectivity index (χ0v) is 17.4. The van der Waals surface area contributed by atoms with Crippen molar-refractivity contribution in [3.63, 3.8) is 0 Å². The summed E-state index contributed by atoms with van der Waals surface area (Å²) in [6.45, 7) is 0.0604. The Labute approximate surface area is 177 Å². The second-order valence-electron chi connectivity index (χ2n) is 6.15. The number of hydrogen-bond acceptors (Lipinski definition) is 5. The van der Waals surface area contributed by atoms with Gasteiger partial charge in [-0.25, -0.2) is 0 Å². The second-order valence-corrected chi connectivity index (χ2v) is 7.06. The number of hydrogen-bond donors (Lipinski definition) is 2. The zero-order valence-electron chi connectivity index (χ0n) is 15.9. The van der Waals surface area contributed by atoms with Gasteiger partial charge in [0, 0.05) is 10.9 Å². The minimum atomic E-state index is -0.509. The van der Waals surface area contributed by atoms with Gasteiger partial charge < -0.3 is 9.47 Å². The maximum absolute atomic E-state index is 11.7. The maximum Gasteiger partial charge on any atom is 0.306 e. The van der Waals surface area contributed by atoms with E-state index in [0.29, 0.717) is 12.4 Å². The zero-order chi connectivity index (χ0) is 20.9. The maximum atomic E-state index is 11.7. The van der Waals surface area contributed by atoms with Crippen LogP contribution in [-0.2, 0) is 25.5 Å². The number of halogens is 1. The Morgan fingerprint density at radius 2 is 1.55 bits per heavy atom. The number of nitrogens with one attached hydrogen (secondary N) is 2. The number of esters is 1. The van der Waals surface area contributed by atoms with E-state index in [4.69, 9.17) is 9.47 Å². The molecule has 0 aliphatic carbocycles. The SMILES string of the molecule is O=C(CCC(=O)OCCCc1ccccc1)NNC(=O)COc1ccc(Br)cc1. The molecule has 29 heavy (non-hydrogen) atoms. The van der Waals surface area contributed by atoms with Crippen LogP contribution in [0.1, 0.15) is 24.8 Å². The number of carbonyl (C=O) groups is 3. The third-order valence-corrected chi connectivity index (χ3v) is 4.33. The minimum absolute atomic E-state index is 0.0531. The lowest BCUT2D eigenvalue weighted by Crippen LogP contribution is -2.43. The van der Waals surface area contributed by atoms with E-state index < -0.39 is 17.8 Å². The fraction of sp³-hybridized carbons (Fsp3) is 0.286. The van der Waals surface area contributed by atoms with Crippen molar-refractivity contribution in [2.24, 2.45) is 0 Å². The molecule has 0 heterocycles. The number of rotatable bonds is 10. The number of benzene rings is 2. The highest BCUT2D eigenvalue weighted by Gasteiger charge is 2.09. The summed E-state index contributed by atoms with van der Waals surface area (Å²) < 4.78 is 11.3. The largest absolute Gasteiger partial charge is 0.484 e. The summed E-state index contributed by atoms with van der Waals surface area (Å²) in [6.07, 6.45) is 1.41. The van der Waals surface area contributed by atoms with Crippen LogP contribution in [0.3, 0.4) is 0 Å². The smallest absolute Gasteiger partial charge is 0.306 e. The van der Waals surface area contributed by atoms with Crippen molar-refractivity contribution < 1.29 is 23.9 Å². The number of amides is 2. The monoisotopic (exact) mass is 462 g/mol. The van der Waals surface area contributed by atoms with Crippen molar-refractivity contribution in [3.8, 4) is 5.75 Å². The van der Waals surface area contributed by atoms with E-state index in [1.165, 1.54) is 5.56 Å². The Morgan fingerprint density at radius 1 is 0.862 bits per heavy atom. The van der Waals surface area contributed by atoms with Crippen LogP contribution in [0.25, 0.3) is 0 Å². The summed E-state index contributed by atoms with van der Waals surface area (Å²) >= 11 is 3.30. The Morgan fingerprint density at radius 3 is 2.28 bits per heavy atom. The average Bonchev–Trinajstić information content (AvgIpc) is 2.74. The molecular formula is C21H23BrN2O5. The Hall–Kier alpha value is -2.87. The molecule has 0 fully saturated rings. The molecule has 0 aliphatic rings. The first-order chi connectivity index (χ1) is 14.0. The van der Waals surface area contributed by atoms with Gasteiger partial charge in [0.05, 0.1) is 13.0 Å². The molecule has 154 valence electrons. The summed E-state index contributed by atoms with van der Waals surface area (Å²) in [4.78, 5) is 35.0. The van der Waals surface area contributed by atoms with Gasteiger partial charge in [0.25, 0.3) is 5.91 Å². The van der Waals surface area contributed by atoms with Crippen molar-refractivity contribution in [1.29, 1.82) is 0 Å².